The fourth-order valence-corrected chi connectivity index (χ4v) is 2.38. The van der Waals surface area contributed by atoms with Crippen molar-refractivity contribution in [3.63, 3.8) is 0 Å². The van der Waals surface area contributed by atoms with Crippen LogP contribution in [0.5, 0.6) is 0 Å². The first-order valence-electron chi connectivity index (χ1n) is 5.58. The summed E-state index contributed by atoms with van der Waals surface area (Å²) in [5.74, 6) is 0.0841. The number of aromatic nitrogens is 1. The van der Waals surface area contributed by atoms with Gasteiger partial charge in [0.25, 0.3) is 6.08 Å². The lowest BCUT2D eigenvalue weighted by molar-refractivity contribution is 0.340. The van der Waals surface area contributed by atoms with E-state index in [1.807, 2.05) is 30.3 Å². The molecular formula is C13H11F2NO2S. The lowest BCUT2D eigenvalue weighted by Crippen LogP contribution is -2.04. The van der Waals surface area contributed by atoms with Gasteiger partial charge in [0.05, 0.1) is 6.07 Å². The molecular weight excluding hydrogens is 272 g/mol. The van der Waals surface area contributed by atoms with Gasteiger partial charge in [-0.2, -0.15) is 8.78 Å². The fourth-order valence-electron chi connectivity index (χ4n) is 1.49. The molecule has 1 atom stereocenters. The van der Waals surface area contributed by atoms with Crippen LogP contribution in [0.3, 0.4) is 0 Å². The standard InChI is InChI=1S/C13H11F2NO2S/c14-12(15)7-4-8-19(17)13-9-11(16-18-13)10-5-2-1-3-6-10/h1-3,5-7,9H,4,8H2. The molecule has 0 saturated heterocycles. The summed E-state index contributed by atoms with van der Waals surface area (Å²) in [5, 5.41) is 4.02. The van der Waals surface area contributed by atoms with Crippen molar-refractivity contribution in [1.29, 1.82) is 0 Å². The third-order valence-corrected chi connectivity index (χ3v) is 3.63. The first-order chi connectivity index (χ1) is 9.16. The van der Waals surface area contributed by atoms with E-state index in [0.717, 1.165) is 11.6 Å². The van der Waals surface area contributed by atoms with Gasteiger partial charge >= 0.3 is 5.09 Å². The first-order valence-corrected chi connectivity index (χ1v) is 6.90. The second-order valence-electron chi connectivity index (χ2n) is 3.73. The van der Waals surface area contributed by atoms with E-state index in [4.69, 9.17) is 4.52 Å². The molecule has 0 saturated carbocycles. The summed E-state index contributed by atoms with van der Waals surface area (Å²) in [6, 6.07) is 10.9. The summed E-state index contributed by atoms with van der Waals surface area (Å²) < 4.78 is 40.4. The molecule has 1 aromatic heterocycles. The molecule has 0 spiro atoms. The molecule has 3 nitrogen and oxygen atoms in total. The molecule has 0 bridgehead atoms. The van der Waals surface area contributed by atoms with E-state index >= 15 is 0 Å². The second kappa shape index (κ2) is 6.49. The second-order valence-corrected chi connectivity index (χ2v) is 5.23. The van der Waals surface area contributed by atoms with Crippen molar-refractivity contribution in [3.8, 4) is 11.3 Å². The van der Waals surface area contributed by atoms with E-state index in [9.17, 15) is 13.3 Å². The minimum atomic E-state index is -1.76. The smallest absolute Gasteiger partial charge is 0.336 e. The first kappa shape index (κ1) is 13.8. The zero-order valence-electron chi connectivity index (χ0n) is 9.88. The lowest BCUT2D eigenvalue weighted by atomic mass is 10.2. The predicted molar refractivity (Wildman–Crippen MR) is 68.1 cm³/mol. The van der Waals surface area contributed by atoms with Crippen molar-refractivity contribution in [3.05, 3.63) is 48.6 Å². The van der Waals surface area contributed by atoms with Crippen LogP contribution >= 0.6 is 0 Å². The van der Waals surface area contributed by atoms with Gasteiger partial charge in [0, 0.05) is 23.2 Å². The van der Waals surface area contributed by atoms with Gasteiger partial charge in [-0.15, -0.1) is 0 Å². The van der Waals surface area contributed by atoms with E-state index in [1.165, 1.54) is 0 Å². The summed E-state index contributed by atoms with van der Waals surface area (Å²) in [4.78, 5) is 0. The Labute approximate surface area is 112 Å². The third-order valence-electron chi connectivity index (χ3n) is 2.38. The number of nitrogens with zero attached hydrogens (tertiary/aromatic N) is 1. The minimum Gasteiger partial charge on any atom is -0.609 e. The molecule has 0 amide bonds. The van der Waals surface area contributed by atoms with E-state index in [-0.39, 0.29) is 17.3 Å². The molecule has 0 aliphatic rings. The predicted octanol–water partition coefficient (Wildman–Crippen LogP) is 3.62. The van der Waals surface area contributed by atoms with Crippen molar-refractivity contribution in [2.75, 3.05) is 5.75 Å². The van der Waals surface area contributed by atoms with E-state index in [1.54, 1.807) is 6.07 Å². The van der Waals surface area contributed by atoms with Crippen LogP contribution in [0.15, 0.2) is 58.2 Å². The molecule has 0 N–H and O–H groups in total. The molecule has 2 rings (SSSR count). The Morgan fingerprint density at radius 2 is 2.05 bits per heavy atom. The van der Waals surface area contributed by atoms with E-state index < -0.39 is 17.3 Å². The Morgan fingerprint density at radius 3 is 2.74 bits per heavy atom. The van der Waals surface area contributed by atoms with Gasteiger partial charge in [0.15, 0.2) is 0 Å². The minimum absolute atomic E-state index is 0.0380. The summed E-state index contributed by atoms with van der Waals surface area (Å²) in [7, 11) is 0. The zero-order valence-corrected chi connectivity index (χ0v) is 10.7. The van der Waals surface area contributed by atoms with Gasteiger partial charge in [-0.05, 0) is 6.08 Å². The van der Waals surface area contributed by atoms with Crippen LogP contribution in [0, 0.1) is 0 Å². The summed E-state index contributed by atoms with van der Waals surface area (Å²) in [6.45, 7) is 0. The van der Waals surface area contributed by atoms with Gasteiger partial charge in [-0.25, -0.2) is 0 Å². The van der Waals surface area contributed by atoms with Crippen molar-refractivity contribution in [2.45, 2.75) is 11.5 Å². The quantitative estimate of drug-likeness (QED) is 0.787. The highest BCUT2D eigenvalue weighted by atomic mass is 32.2. The SMILES string of the molecule is [O-][S+](CCC=C(F)F)c1cc(-c2ccccc2)no1. The van der Waals surface area contributed by atoms with Crippen LogP contribution in [0.4, 0.5) is 8.78 Å². The molecule has 2 aromatic rings. The van der Waals surface area contributed by atoms with Crippen molar-refractivity contribution in [1.82, 2.24) is 5.16 Å². The summed E-state index contributed by atoms with van der Waals surface area (Å²) >= 11 is -1.46. The van der Waals surface area contributed by atoms with Crippen LogP contribution < -0.4 is 0 Å². The molecule has 0 fully saturated rings. The van der Waals surface area contributed by atoms with Gasteiger partial charge in [0.1, 0.15) is 11.4 Å². The van der Waals surface area contributed by atoms with Crippen LogP contribution in [0.1, 0.15) is 6.42 Å². The average molecular weight is 283 g/mol. The number of hydrogen-bond donors (Lipinski definition) is 0. The van der Waals surface area contributed by atoms with Crippen LogP contribution in [0.2, 0.25) is 0 Å². The van der Waals surface area contributed by atoms with Crippen molar-refractivity contribution < 1.29 is 17.9 Å². The number of halogens is 2. The van der Waals surface area contributed by atoms with Gasteiger partial charge < -0.3 is 9.08 Å². The van der Waals surface area contributed by atoms with Crippen LogP contribution in [-0.2, 0) is 11.2 Å². The molecule has 0 radical (unpaired) electrons. The highest BCUT2D eigenvalue weighted by Gasteiger charge is 2.17. The molecule has 19 heavy (non-hydrogen) atoms. The van der Waals surface area contributed by atoms with Crippen molar-refractivity contribution in [2.24, 2.45) is 0 Å². The normalized spacial score (nSPS) is 12.2. The lowest BCUT2D eigenvalue weighted by Gasteiger charge is -2.03. The van der Waals surface area contributed by atoms with Gasteiger partial charge in [-0.3, -0.25) is 0 Å². The Bertz CT molecular complexity index is 553. The topological polar surface area (TPSA) is 49.1 Å². The fraction of sp³-hybridized carbons (Fsp3) is 0.154. The molecule has 0 aliphatic carbocycles. The Hall–Kier alpha value is -1.66. The summed E-state index contributed by atoms with van der Waals surface area (Å²) in [5.41, 5.74) is 1.43. The maximum Gasteiger partial charge on any atom is 0.336 e. The van der Waals surface area contributed by atoms with Crippen molar-refractivity contribution >= 4 is 11.2 Å². The Balaban J connectivity index is 2.03. The number of allylic oxidation sites excluding steroid dienone is 1. The van der Waals surface area contributed by atoms with E-state index in [2.05, 4.69) is 5.16 Å². The zero-order chi connectivity index (χ0) is 13.7. The molecule has 0 aliphatic heterocycles. The highest BCUT2D eigenvalue weighted by Crippen LogP contribution is 2.22. The molecule has 6 heteroatoms. The Kier molecular flexibility index (Phi) is 4.70. The molecule has 1 unspecified atom stereocenters. The van der Waals surface area contributed by atoms with E-state index in [0.29, 0.717) is 5.69 Å². The van der Waals surface area contributed by atoms with Crippen LogP contribution in [0.25, 0.3) is 11.3 Å². The third kappa shape index (κ3) is 3.90. The number of benzene rings is 1. The molecule has 1 heterocycles. The molecule has 100 valence electrons. The number of rotatable bonds is 5. The largest absolute Gasteiger partial charge is 0.609 e. The monoisotopic (exact) mass is 283 g/mol. The van der Waals surface area contributed by atoms with Gasteiger partial charge in [0.2, 0.25) is 0 Å². The summed E-state index contributed by atoms with van der Waals surface area (Å²) in [6.07, 6.45) is -0.984. The maximum atomic E-state index is 11.8. The highest BCUT2D eigenvalue weighted by molar-refractivity contribution is 7.91. The maximum absolute atomic E-state index is 11.8. The van der Waals surface area contributed by atoms with Gasteiger partial charge in [-0.1, -0.05) is 35.5 Å². The Morgan fingerprint density at radius 1 is 1.32 bits per heavy atom. The average Bonchev–Trinajstić information content (AvgIpc) is 2.89. The number of hydrogen-bond acceptors (Lipinski definition) is 3. The van der Waals surface area contributed by atoms with Crippen LogP contribution in [-0.4, -0.2) is 15.5 Å². The molecule has 1 aromatic carbocycles.